The summed E-state index contributed by atoms with van der Waals surface area (Å²) in [7, 11) is 0. The lowest BCUT2D eigenvalue weighted by Crippen LogP contribution is -2.60. The van der Waals surface area contributed by atoms with Gasteiger partial charge in [0.05, 0.1) is 32.0 Å². The fourth-order valence-electron chi connectivity index (χ4n) is 8.43. The second-order valence-electron chi connectivity index (χ2n) is 18.9. The van der Waals surface area contributed by atoms with Gasteiger partial charge in [0.1, 0.15) is 24.4 Å². The molecular formula is C54H101NO10. The van der Waals surface area contributed by atoms with E-state index in [0.717, 1.165) is 96.3 Å². The Hall–Kier alpha value is -1.86. The number of carbonyl (C=O) groups excluding carboxylic acids is 2. The molecule has 1 amide bonds. The van der Waals surface area contributed by atoms with E-state index in [1.54, 1.807) is 6.08 Å². The quantitative estimate of drug-likeness (QED) is 0.0196. The van der Waals surface area contributed by atoms with Gasteiger partial charge in [-0.15, -0.1) is 0 Å². The molecule has 0 saturated carbocycles. The number of unbranched alkanes of at least 4 members (excludes halogenated alkanes) is 30. The van der Waals surface area contributed by atoms with Gasteiger partial charge in [-0.2, -0.15) is 0 Å². The van der Waals surface area contributed by atoms with Gasteiger partial charge in [0, 0.05) is 12.8 Å². The molecule has 1 aliphatic rings. The van der Waals surface area contributed by atoms with Crippen LogP contribution in [-0.2, 0) is 23.8 Å². The Balaban J connectivity index is 2.23. The van der Waals surface area contributed by atoms with Crippen molar-refractivity contribution < 1.29 is 49.3 Å². The highest BCUT2D eigenvalue weighted by Gasteiger charge is 2.44. The lowest BCUT2D eigenvalue weighted by molar-refractivity contribution is -0.302. The van der Waals surface area contributed by atoms with Crippen LogP contribution < -0.4 is 5.32 Å². The molecule has 0 aromatic rings. The Morgan fingerprint density at radius 1 is 0.554 bits per heavy atom. The molecule has 1 saturated heterocycles. The molecule has 1 heterocycles. The summed E-state index contributed by atoms with van der Waals surface area (Å²) in [6, 6.07) is -0.827. The Bertz CT molecular complexity index is 1130. The molecular weight excluding hydrogens is 823 g/mol. The average molecular weight is 924 g/mol. The van der Waals surface area contributed by atoms with Crippen molar-refractivity contribution in [3.8, 4) is 0 Å². The fraction of sp³-hybridized carbons (Fsp3) is 0.889. The van der Waals surface area contributed by atoms with Crippen molar-refractivity contribution in [3.63, 3.8) is 0 Å². The van der Waals surface area contributed by atoms with E-state index in [4.69, 9.17) is 14.2 Å². The van der Waals surface area contributed by atoms with Gasteiger partial charge >= 0.3 is 5.97 Å². The molecule has 1 aliphatic heterocycles. The van der Waals surface area contributed by atoms with Gasteiger partial charge < -0.3 is 45.1 Å². The minimum atomic E-state index is -1.58. The fourth-order valence-corrected chi connectivity index (χ4v) is 8.43. The van der Waals surface area contributed by atoms with Gasteiger partial charge in [-0.25, -0.2) is 0 Å². The molecule has 0 radical (unpaired) electrons. The zero-order valence-corrected chi connectivity index (χ0v) is 41.7. The number of carbonyl (C=O) groups is 2. The summed E-state index contributed by atoms with van der Waals surface area (Å²) in [6.45, 7) is 4.25. The normalized spacial score (nSPS) is 19.9. The van der Waals surface area contributed by atoms with Crippen LogP contribution in [0.15, 0.2) is 24.3 Å². The number of ether oxygens (including phenoxy) is 3. The molecule has 11 nitrogen and oxygen atoms in total. The predicted octanol–water partition coefficient (Wildman–Crippen LogP) is 11.4. The van der Waals surface area contributed by atoms with Crippen molar-refractivity contribution in [1.82, 2.24) is 5.32 Å². The Labute approximate surface area is 397 Å². The van der Waals surface area contributed by atoms with E-state index in [0.29, 0.717) is 19.4 Å². The molecule has 382 valence electrons. The van der Waals surface area contributed by atoms with Crippen molar-refractivity contribution in [2.75, 3.05) is 19.8 Å². The molecule has 0 spiro atoms. The Kier molecular flexibility index (Phi) is 42.0. The van der Waals surface area contributed by atoms with Gasteiger partial charge in [0.15, 0.2) is 6.29 Å². The summed E-state index contributed by atoms with van der Waals surface area (Å²) in [5.74, 6) is -0.254. The highest BCUT2D eigenvalue weighted by molar-refractivity contribution is 5.76. The average Bonchev–Trinajstić information content (AvgIpc) is 3.30. The number of esters is 1. The second kappa shape index (κ2) is 44.6. The predicted molar refractivity (Wildman–Crippen MR) is 264 cm³/mol. The van der Waals surface area contributed by atoms with Crippen LogP contribution in [-0.4, -0.2) is 100 Å². The second-order valence-corrected chi connectivity index (χ2v) is 18.9. The number of allylic oxidation sites excluding steroid dienone is 3. The van der Waals surface area contributed by atoms with Crippen molar-refractivity contribution in [3.05, 3.63) is 24.3 Å². The molecule has 6 N–H and O–H groups in total. The van der Waals surface area contributed by atoms with Crippen LogP contribution in [0.2, 0.25) is 0 Å². The van der Waals surface area contributed by atoms with E-state index in [2.05, 4.69) is 31.3 Å². The summed E-state index contributed by atoms with van der Waals surface area (Å²) in [6.07, 6.45) is 41.0. The van der Waals surface area contributed by atoms with Crippen LogP contribution in [0, 0.1) is 0 Å². The van der Waals surface area contributed by atoms with Crippen LogP contribution in [0.3, 0.4) is 0 Å². The molecule has 0 aromatic heterocycles. The topological polar surface area (TPSA) is 175 Å². The van der Waals surface area contributed by atoms with Crippen LogP contribution in [0.4, 0.5) is 0 Å². The first-order chi connectivity index (χ1) is 31.7. The first kappa shape index (κ1) is 61.2. The molecule has 0 aromatic carbocycles. The summed E-state index contributed by atoms with van der Waals surface area (Å²) in [4.78, 5) is 25.0. The van der Waals surface area contributed by atoms with Crippen molar-refractivity contribution in [2.45, 2.75) is 288 Å². The Morgan fingerprint density at radius 2 is 0.985 bits per heavy atom. The lowest BCUT2D eigenvalue weighted by Gasteiger charge is -2.40. The van der Waals surface area contributed by atoms with E-state index in [1.165, 1.54) is 122 Å². The van der Waals surface area contributed by atoms with Gasteiger partial charge in [0.25, 0.3) is 0 Å². The molecule has 7 atom stereocenters. The van der Waals surface area contributed by atoms with Crippen LogP contribution in [0.25, 0.3) is 0 Å². The molecule has 0 aliphatic carbocycles. The van der Waals surface area contributed by atoms with E-state index in [-0.39, 0.29) is 18.5 Å². The minimum absolute atomic E-state index is 0.0471. The first-order valence-corrected chi connectivity index (χ1v) is 27.1. The molecule has 65 heavy (non-hydrogen) atoms. The third kappa shape index (κ3) is 35.0. The zero-order valence-electron chi connectivity index (χ0n) is 41.7. The summed E-state index contributed by atoms with van der Waals surface area (Å²) in [5.41, 5.74) is 0. The SMILES string of the molecule is CCCCCCCCCCCCCC/C=C/C(O)C(COC1OC(CO)C(O)C(O)C1O)NC(=O)CCCCCCC/C=C\CCCCCOC(=O)CCCCCCCCCCCCC. The number of amides is 1. The van der Waals surface area contributed by atoms with Crippen molar-refractivity contribution in [1.29, 1.82) is 0 Å². The maximum absolute atomic E-state index is 13.0. The number of aliphatic hydroxyl groups excluding tert-OH is 5. The molecule has 0 bridgehead atoms. The lowest BCUT2D eigenvalue weighted by atomic mass is 9.99. The molecule has 1 fully saturated rings. The van der Waals surface area contributed by atoms with E-state index >= 15 is 0 Å². The summed E-state index contributed by atoms with van der Waals surface area (Å²) >= 11 is 0. The smallest absolute Gasteiger partial charge is 0.305 e. The third-order valence-corrected chi connectivity index (χ3v) is 12.8. The number of rotatable bonds is 46. The van der Waals surface area contributed by atoms with Crippen molar-refractivity contribution >= 4 is 11.9 Å². The monoisotopic (exact) mass is 924 g/mol. The van der Waals surface area contributed by atoms with Gasteiger partial charge in [0.2, 0.25) is 5.91 Å². The van der Waals surface area contributed by atoms with Gasteiger partial charge in [-0.1, -0.05) is 192 Å². The maximum Gasteiger partial charge on any atom is 0.305 e. The largest absolute Gasteiger partial charge is 0.466 e. The number of hydrogen-bond donors (Lipinski definition) is 6. The van der Waals surface area contributed by atoms with Crippen LogP contribution >= 0.6 is 0 Å². The van der Waals surface area contributed by atoms with E-state index in [1.807, 2.05) is 6.08 Å². The van der Waals surface area contributed by atoms with Crippen molar-refractivity contribution in [2.24, 2.45) is 0 Å². The number of hydrogen-bond acceptors (Lipinski definition) is 10. The maximum atomic E-state index is 13.0. The molecule has 7 unspecified atom stereocenters. The summed E-state index contributed by atoms with van der Waals surface area (Å²) in [5, 5.41) is 54.3. The Morgan fingerprint density at radius 3 is 1.48 bits per heavy atom. The van der Waals surface area contributed by atoms with Gasteiger partial charge in [-0.05, 0) is 64.2 Å². The number of aliphatic hydroxyl groups is 5. The molecule has 11 heteroatoms. The highest BCUT2D eigenvalue weighted by atomic mass is 16.7. The zero-order chi connectivity index (χ0) is 47.4. The molecule has 1 rings (SSSR count). The van der Waals surface area contributed by atoms with Crippen LogP contribution in [0.1, 0.15) is 245 Å². The standard InChI is InChI=1S/C54H101NO10/c1-3-5-7-9-11-13-15-16-17-21-24-28-32-36-40-47(57)46(45-64-54-53(62)52(61)51(60)48(44-56)65-54)55-49(58)41-37-33-29-25-22-18-19-23-27-31-35-39-43-63-50(59)42-38-34-30-26-20-14-12-10-8-6-4-2/h19,23,36,40,46-48,51-54,56-57,60-62H,3-18,20-22,24-35,37-39,41-45H2,1-2H3,(H,55,58)/b23-19-,40-36+. The van der Waals surface area contributed by atoms with E-state index < -0.39 is 49.5 Å². The first-order valence-electron chi connectivity index (χ1n) is 27.1. The van der Waals surface area contributed by atoms with Crippen LogP contribution in [0.5, 0.6) is 0 Å². The highest BCUT2D eigenvalue weighted by Crippen LogP contribution is 2.23. The third-order valence-electron chi connectivity index (χ3n) is 12.8. The number of nitrogens with one attached hydrogen (secondary N) is 1. The minimum Gasteiger partial charge on any atom is -0.466 e. The van der Waals surface area contributed by atoms with E-state index in [9.17, 15) is 35.1 Å². The van der Waals surface area contributed by atoms with Gasteiger partial charge in [-0.3, -0.25) is 9.59 Å². The summed E-state index contributed by atoms with van der Waals surface area (Å²) < 4.78 is 16.6.